The topological polar surface area (TPSA) is 37.4 Å². The molecule has 2 amide bonds. The molecule has 0 saturated carbocycles. The van der Waals surface area contributed by atoms with Crippen LogP contribution >= 0.6 is 46.4 Å². The molecular formula is C20H9Cl4NO2. The third kappa shape index (κ3) is 2.74. The Labute approximate surface area is 175 Å². The first-order valence-electron chi connectivity index (χ1n) is 7.82. The highest BCUT2D eigenvalue weighted by Gasteiger charge is 2.43. The zero-order valence-electron chi connectivity index (χ0n) is 13.5. The number of halogens is 4. The summed E-state index contributed by atoms with van der Waals surface area (Å²) in [7, 11) is 0. The van der Waals surface area contributed by atoms with Gasteiger partial charge in [-0.3, -0.25) is 9.59 Å². The highest BCUT2D eigenvalue weighted by atomic mass is 35.5. The van der Waals surface area contributed by atoms with Gasteiger partial charge in [-0.1, -0.05) is 94.9 Å². The van der Waals surface area contributed by atoms with Gasteiger partial charge in [0.25, 0.3) is 11.8 Å². The molecule has 0 fully saturated rings. The zero-order chi connectivity index (χ0) is 19.3. The molecule has 0 unspecified atom stereocenters. The zero-order valence-corrected chi connectivity index (χ0v) is 16.5. The summed E-state index contributed by atoms with van der Waals surface area (Å²) in [6, 6.07) is 16.5. The molecular weight excluding hydrogens is 428 g/mol. The molecule has 3 aromatic carbocycles. The third-order valence-electron chi connectivity index (χ3n) is 4.33. The number of fused-ring (bicyclic) bond motifs is 1. The largest absolute Gasteiger partial charge is 0.268 e. The van der Waals surface area contributed by atoms with E-state index in [1.165, 1.54) is 0 Å². The van der Waals surface area contributed by atoms with Crippen molar-refractivity contribution in [2.75, 3.05) is 4.90 Å². The second-order valence-corrected chi connectivity index (χ2v) is 7.35. The van der Waals surface area contributed by atoms with Crippen molar-refractivity contribution in [3.63, 3.8) is 0 Å². The van der Waals surface area contributed by atoms with Gasteiger partial charge in [0.1, 0.15) is 0 Å². The molecule has 27 heavy (non-hydrogen) atoms. The Hall–Kier alpha value is -2.04. The molecule has 0 saturated heterocycles. The second kappa shape index (κ2) is 6.84. The number of hydrogen-bond acceptors (Lipinski definition) is 2. The van der Waals surface area contributed by atoms with Gasteiger partial charge in [0.2, 0.25) is 0 Å². The maximum absolute atomic E-state index is 13.1. The van der Waals surface area contributed by atoms with Crippen molar-refractivity contribution in [1.82, 2.24) is 0 Å². The van der Waals surface area contributed by atoms with E-state index in [0.29, 0.717) is 5.69 Å². The molecule has 1 heterocycles. The van der Waals surface area contributed by atoms with Crippen LogP contribution in [-0.4, -0.2) is 11.8 Å². The van der Waals surface area contributed by atoms with Crippen molar-refractivity contribution in [3.8, 4) is 11.1 Å². The van der Waals surface area contributed by atoms with Crippen LogP contribution < -0.4 is 4.90 Å². The van der Waals surface area contributed by atoms with E-state index in [1.54, 1.807) is 12.1 Å². The maximum atomic E-state index is 13.1. The summed E-state index contributed by atoms with van der Waals surface area (Å²) in [4.78, 5) is 27.2. The number of amides is 2. The van der Waals surface area contributed by atoms with Gasteiger partial charge in [0.15, 0.2) is 0 Å². The average molecular weight is 437 g/mol. The summed E-state index contributed by atoms with van der Waals surface area (Å²) in [5, 5.41) is -0.277. The minimum absolute atomic E-state index is 0.0380. The quantitative estimate of drug-likeness (QED) is 0.252. The lowest BCUT2D eigenvalue weighted by atomic mass is 10.0. The summed E-state index contributed by atoms with van der Waals surface area (Å²) in [5.41, 5.74) is 1.93. The minimum Gasteiger partial charge on any atom is -0.268 e. The minimum atomic E-state index is -0.594. The van der Waals surface area contributed by atoms with Crippen LogP contribution in [0.4, 0.5) is 5.69 Å². The molecule has 134 valence electrons. The standard InChI is InChI=1S/C20H9Cl4NO2/c21-15-13-14(16(22)18(24)17(15)23)20(27)25(19(13)26)12-9-5-4-8-11(12)10-6-2-1-3-7-10/h1-9H. The van der Waals surface area contributed by atoms with Crippen molar-refractivity contribution in [3.05, 3.63) is 85.8 Å². The van der Waals surface area contributed by atoms with Gasteiger partial charge in [-0.2, -0.15) is 0 Å². The molecule has 0 N–H and O–H groups in total. The molecule has 3 nitrogen and oxygen atoms in total. The first-order valence-corrected chi connectivity index (χ1v) is 9.33. The summed E-state index contributed by atoms with van der Waals surface area (Å²) < 4.78 is 0. The van der Waals surface area contributed by atoms with Crippen molar-refractivity contribution >= 4 is 63.9 Å². The number of carbonyl (C=O) groups excluding carboxylic acids is 2. The Morgan fingerprint density at radius 1 is 0.593 bits per heavy atom. The number of hydrogen-bond donors (Lipinski definition) is 0. The monoisotopic (exact) mass is 435 g/mol. The van der Waals surface area contributed by atoms with Crippen LogP contribution in [-0.2, 0) is 0 Å². The van der Waals surface area contributed by atoms with E-state index in [1.807, 2.05) is 42.5 Å². The van der Waals surface area contributed by atoms with Crippen LogP contribution in [0.2, 0.25) is 20.1 Å². The predicted octanol–water partition coefficient (Wildman–Crippen LogP) is 6.77. The van der Waals surface area contributed by atoms with E-state index in [2.05, 4.69) is 0 Å². The molecule has 0 aromatic heterocycles. The van der Waals surface area contributed by atoms with Crippen LogP contribution in [0, 0.1) is 0 Å². The van der Waals surface area contributed by atoms with E-state index in [4.69, 9.17) is 46.4 Å². The maximum Gasteiger partial charge on any atom is 0.267 e. The lowest BCUT2D eigenvalue weighted by Crippen LogP contribution is -2.30. The summed E-state index contributed by atoms with van der Waals surface area (Å²) >= 11 is 24.6. The first-order chi connectivity index (χ1) is 12.9. The van der Waals surface area contributed by atoms with Crippen LogP contribution in [0.1, 0.15) is 20.7 Å². The van der Waals surface area contributed by atoms with Crippen LogP contribution in [0.15, 0.2) is 54.6 Å². The van der Waals surface area contributed by atoms with Gasteiger partial charge in [-0.05, 0) is 11.6 Å². The molecule has 0 spiro atoms. The number of rotatable bonds is 2. The lowest BCUT2D eigenvalue weighted by molar-refractivity contribution is 0.0926. The predicted molar refractivity (Wildman–Crippen MR) is 109 cm³/mol. The Morgan fingerprint density at radius 2 is 1.07 bits per heavy atom. The smallest absolute Gasteiger partial charge is 0.267 e. The molecule has 0 aliphatic carbocycles. The molecule has 4 rings (SSSR count). The van der Waals surface area contributed by atoms with Crippen molar-refractivity contribution in [2.24, 2.45) is 0 Å². The first kappa shape index (κ1) is 18.3. The highest BCUT2D eigenvalue weighted by molar-refractivity contribution is 6.56. The number of carbonyl (C=O) groups is 2. The fourth-order valence-electron chi connectivity index (χ4n) is 3.10. The highest BCUT2D eigenvalue weighted by Crippen LogP contribution is 2.46. The van der Waals surface area contributed by atoms with E-state index >= 15 is 0 Å². The fraction of sp³-hybridized carbons (Fsp3) is 0. The Balaban J connectivity index is 1.94. The number of para-hydroxylation sites is 1. The van der Waals surface area contributed by atoms with E-state index in [-0.39, 0.29) is 31.2 Å². The van der Waals surface area contributed by atoms with E-state index in [0.717, 1.165) is 16.0 Å². The van der Waals surface area contributed by atoms with Gasteiger partial charge in [-0.15, -0.1) is 0 Å². The molecule has 0 atom stereocenters. The van der Waals surface area contributed by atoms with Crippen molar-refractivity contribution < 1.29 is 9.59 Å². The molecule has 1 aliphatic rings. The van der Waals surface area contributed by atoms with Crippen LogP contribution in [0.5, 0.6) is 0 Å². The SMILES string of the molecule is O=C1c2c(Cl)c(Cl)c(Cl)c(Cl)c2C(=O)N1c1ccccc1-c1ccccc1. The Morgan fingerprint density at radius 3 is 1.63 bits per heavy atom. The van der Waals surface area contributed by atoms with Gasteiger partial charge in [-0.25, -0.2) is 4.90 Å². The molecule has 7 heteroatoms. The summed E-state index contributed by atoms with van der Waals surface area (Å²) in [6.45, 7) is 0. The second-order valence-electron chi connectivity index (χ2n) is 5.83. The fourth-order valence-corrected chi connectivity index (χ4v) is 4.11. The van der Waals surface area contributed by atoms with Crippen LogP contribution in [0.25, 0.3) is 11.1 Å². The van der Waals surface area contributed by atoms with Crippen molar-refractivity contribution in [1.29, 1.82) is 0 Å². The molecule has 3 aromatic rings. The van der Waals surface area contributed by atoms with E-state index < -0.39 is 11.8 Å². The van der Waals surface area contributed by atoms with Gasteiger partial charge in [0.05, 0.1) is 36.9 Å². The van der Waals surface area contributed by atoms with Gasteiger partial charge >= 0.3 is 0 Å². The third-order valence-corrected chi connectivity index (χ3v) is 6.13. The van der Waals surface area contributed by atoms with Gasteiger partial charge in [0, 0.05) is 5.56 Å². The van der Waals surface area contributed by atoms with Gasteiger partial charge < -0.3 is 0 Å². The van der Waals surface area contributed by atoms with Crippen LogP contribution in [0.3, 0.4) is 0 Å². The summed E-state index contributed by atoms with van der Waals surface area (Å²) in [6.07, 6.45) is 0. The molecule has 0 bridgehead atoms. The number of benzene rings is 3. The lowest BCUT2D eigenvalue weighted by Gasteiger charge is -2.18. The Kier molecular flexibility index (Phi) is 4.65. The normalized spacial score (nSPS) is 13.3. The number of nitrogens with zero attached hydrogens (tertiary/aromatic N) is 1. The Bertz CT molecular complexity index is 1070. The summed E-state index contributed by atoms with van der Waals surface area (Å²) in [5.74, 6) is -1.19. The van der Waals surface area contributed by atoms with Crippen molar-refractivity contribution in [2.45, 2.75) is 0 Å². The van der Waals surface area contributed by atoms with E-state index in [9.17, 15) is 9.59 Å². The molecule has 0 radical (unpaired) electrons. The average Bonchev–Trinajstić information content (AvgIpc) is 2.95. The number of anilines is 1. The number of imide groups is 1. The molecule has 1 aliphatic heterocycles.